The Morgan fingerprint density at radius 3 is 2.14 bits per heavy atom. The highest BCUT2D eigenvalue weighted by Gasteiger charge is 2.54. The van der Waals surface area contributed by atoms with Gasteiger partial charge in [-0.25, -0.2) is 4.79 Å². The Balaban J connectivity index is 1.68. The number of carbonyl (C=O) groups is 2. The van der Waals surface area contributed by atoms with Crippen LogP contribution in [0, 0.1) is 23.2 Å². The number of rotatable bonds is 6. The molecule has 5 nitrogen and oxygen atoms in total. The quantitative estimate of drug-likeness (QED) is 0.783. The van der Waals surface area contributed by atoms with Gasteiger partial charge in [0, 0.05) is 25.6 Å². The molecule has 0 saturated heterocycles. The van der Waals surface area contributed by atoms with E-state index in [-0.39, 0.29) is 11.3 Å². The van der Waals surface area contributed by atoms with Crippen molar-refractivity contribution < 1.29 is 19.4 Å². The van der Waals surface area contributed by atoms with Gasteiger partial charge in [0.2, 0.25) is 5.91 Å². The van der Waals surface area contributed by atoms with E-state index in [0.29, 0.717) is 30.8 Å². The molecule has 1 atom stereocenters. The van der Waals surface area contributed by atoms with E-state index in [0.717, 1.165) is 19.3 Å². The summed E-state index contributed by atoms with van der Waals surface area (Å²) >= 11 is 0. The van der Waals surface area contributed by atoms with Gasteiger partial charge in [0.15, 0.2) is 0 Å². The molecule has 1 unspecified atom stereocenters. The van der Waals surface area contributed by atoms with E-state index in [1.165, 1.54) is 19.3 Å². The lowest BCUT2D eigenvalue weighted by atomic mass is 9.49. The summed E-state index contributed by atoms with van der Waals surface area (Å²) in [5, 5.41) is 12.1. The Labute approximate surface area is 125 Å². The van der Waals surface area contributed by atoms with Crippen LogP contribution >= 0.6 is 0 Å². The SMILES string of the molecule is COCCC(NC(=O)C12CC3CC(CC(C3)C1)C2)C(=O)O. The zero-order valence-corrected chi connectivity index (χ0v) is 12.6. The molecule has 4 fully saturated rings. The molecule has 4 rings (SSSR count). The maximum Gasteiger partial charge on any atom is 0.326 e. The third kappa shape index (κ3) is 2.80. The molecular weight excluding hydrogens is 270 g/mol. The first-order valence-electron chi connectivity index (χ1n) is 8.05. The van der Waals surface area contributed by atoms with Crippen molar-refractivity contribution in [2.24, 2.45) is 23.2 Å². The van der Waals surface area contributed by atoms with Crippen LogP contribution in [-0.4, -0.2) is 36.7 Å². The second kappa shape index (κ2) is 5.59. The van der Waals surface area contributed by atoms with E-state index in [4.69, 9.17) is 4.74 Å². The molecule has 0 spiro atoms. The maximum atomic E-state index is 12.8. The molecular formula is C16H25NO4. The van der Waals surface area contributed by atoms with Gasteiger partial charge >= 0.3 is 5.97 Å². The minimum Gasteiger partial charge on any atom is -0.480 e. The first kappa shape index (κ1) is 14.8. The molecule has 0 aromatic heterocycles. The van der Waals surface area contributed by atoms with Gasteiger partial charge in [-0.15, -0.1) is 0 Å². The molecule has 4 aliphatic rings. The molecule has 5 heteroatoms. The number of ether oxygens (including phenoxy) is 1. The van der Waals surface area contributed by atoms with Gasteiger partial charge in [-0.05, 0) is 56.3 Å². The van der Waals surface area contributed by atoms with Crippen LogP contribution in [0.3, 0.4) is 0 Å². The van der Waals surface area contributed by atoms with Crippen LogP contribution in [0.5, 0.6) is 0 Å². The number of hydrogen-bond donors (Lipinski definition) is 2. The van der Waals surface area contributed by atoms with Crippen molar-refractivity contribution in [2.75, 3.05) is 13.7 Å². The Bertz CT molecular complexity index is 399. The average molecular weight is 295 g/mol. The Kier molecular flexibility index (Phi) is 3.95. The minimum atomic E-state index is -0.967. The topological polar surface area (TPSA) is 75.6 Å². The summed E-state index contributed by atoms with van der Waals surface area (Å²) in [6, 6.07) is -0.828. The fraction of sp³-hybridized carbons (Fsp3) is 0.875. The number of hydrogen-bond acceptors (Lipinski definition) is 3. The fourth-order valence-electron chi connectivity index (χ4n) is 5.19. The summed E-state index contributed by atoms with van der Waals surface area (Å²) in [4.78, 5) is 24.1. The van der Waals surface area contributed by atoms with Crippen molar-refractivity contribution in [1.29, 1.82) is 0 Å². The zero-order valence-electron chi connectivity index (χ0n) is 12.6. The molecule has 2 N–H and O–H groups in total. The molecule has 4 aliphatic carbocycles. The molecule has 118 valence electrons. The standard InChI is InChI=1S/C16H25NO4/c1-21-3-2-13(14(18)19)17-15(20)16-7-10-4-11(8-16)6-12(5-10)9-16/h10-13H,2-9H2,1H3,(H,17,20)(H,18,19). The summed E-state index contributed by atoms with van der Waals surface area (Å²) in [6.07, 6.45) is 7.03. The number of carbonyl (C=O) groups excluding carboxylic acids is 1. The zero-order chi connectivity index (χ0) is 15.0. The van der Waals surface area contributed by atoms with Crippen molar-refractivity contribution in [3.63, 3.8) is 0 Å². The number of nitrogens with one attached hydrogen (secondary N) is 1. The van der Waals surface area contributed by atoms with E-state index >= 15 is 0 Å². The summed E-state index contributed by atoms with van der Waals surface area (Å²) in [5.74, 6) is 1.06. The Morgan fingerprint density at radius 1 is 1.19 bits per heavy atom. The van der Waals surface area contributed by atoms with Gasteiger partial charge in [-0.1, -0.05) is 0 Å². The highest BCUT2D eigenvalue weighted by atomic mass is 16.5. The van der Waals surface area contributed by atoms with Gasteiger partial charge in [-0.3, -0.25) is 4.79 Å². The molecule has 0 radical (unpaired) electrons. The van der Waals surface area contributed by atoms with E-state index in [2.05, 4.69) is 5.32 Å². The average Bonchev–Trinajstić information content (AvgIpc) is 2.41. The number of carboxylic acid groups (broad SMARTS) is 1. The second-order valence-corrected chi connectivity index (χ2v) is 7.34. The molecule has 0 aliphatic heterocycles. The smallest absolute Gasteiger partial charge is 0.326 e. The van der Waals surface area contributed by atoms with E-state index < -0.39 is 12.0 Å². The number of carboxylic acids is 1. The Hall–Kier alpha value is -1.10. The van der Waals surface area contributed by atoms with E-state index in [1.54, 1.807) is 7.11 Å². The molecule has 0 heterocycles. The van der Waals surface area contributed by atoms with Crippen LogP contribution in [0.1, 0.15) is 44.9 Å². The van der Waals surface area contributed by atoms with E-state index in [9.17, 15) is 14.7 Å². The summed E-state index contributed by atoms with van der Waals surface area (Å²) in [7, 11) is 1.54. The maximum absolute atomic E-state index is 12.8. The predicted octanol–water partition coefficient (Wildman–Crippen LogP) is 1.81. The van der Waals surface area contributed by atoms with Crippen molar-refractivity contribution in [3.8, 4) is 0 Å². The van der Waals surface area contributed by atoms with Crippen LogP contribution in [-0.2, 0) is 14.3 Å². The monoisotopic (exact) mass is 295 g/mol. The lowest BCUT2D eigenvalue weighted by Gasteiger charge is -2.55. The first-order valence-corrected chi connectivity index (χ1v) is 8.05. The number of aliphatic carboxylic acids is 1. The van der Waals surface area contributed by atoms with Crippen molar-refractivity contribution in [3.05, 3.63) is 0 Å². The third-order valence-corrected chi connectivity index (χ3v) is 5.73. The van der Waals surface area contributed by atoms with Gasteiger partial charge in [-0.2, -0.15) is 0 Å². The molecule has 1 amide bonds. The molecule has 4 saturated carbocycles. The number of amides is 1. The van der Waals surface area contributed by atoms with Crippen LogP contribution in [0.15, 0.2) is 0 Å². The summed E-state index contributed by atoms with van der Waals surface area (Å²) < 4.78 is 4.94. The van der Waals surface area contributed by atoms with Crippen molar-refractivity contribution in [2.45, 2.75) is 51.0 Å². The highest BCUT2D eigenvalue weighted by Crippen LogP contribution is 2.60. The molecule has 0 aromatic rings. The fourth-order valence-corrected chi connectivity index (χ4v) is 5.19. The first-order chi connectivity index (χ1) is 10.0. The largest absolute Gasteiger partial charge is 0.480 e. The van der Waals surface area contributed by atoms with Gasteiger partial charge in [0.05, 0.1) is 0 Å². The van der Waals surface area contributed by atoms with E-state index in [1.807, 2.05) is 0 Å². The third-order valence-electron chi connectivity index (χ3n) is 5.73. The van der Waals surface area contributed by atoms with Gasteiger partial charge < -0.3 is 15.2 Å². The minimum absolute atomic E-state index is 0.0231. The summed E-state index contributed by atoms with van der Waals surface area (Å²) in [6.45, 7) is 0.345. The van der Waals surface area contributed by atoms with Crippen LogP contribution in [0.2, 0.25) is 0 Å². The van der Waals surface area contributed by atoms with Crippen LogP contribution in [0.4, 0.5) is 0 Å². The van der Waals surface area contributed by atoms with Gasteiger partial charge in [0.1, 0.15) is 6.04 Å². The lowest BCUT2D eigenvalue weighted by molar-refractivity contribution is -0.151. The molecule has 21 heavy (non-hydrogen) atoms. The Morgan fingerprint density at radius 2 is 1.71 bits per heavy atom. The summed E-state index contributed by atoms with van der Waals surface area (Å²) in [5.41, 5.74) is -0.282. The molecule has 0 aromatic carbocycles. The van der Waals surface area contributed by atoms with Gasteiger partial charge in [0.25, 0.3) is 0 Å². The predicted molar refractivity (Wildman–Crippen MR) is 76.7 cm³/mol. The highest BCUT2D eigenvalue weighted by molar-refractivity contribution is 5.87. The normalized spacial score (nSPS) is 38.2. The number of methoxy groups -OCH3 is 1. The van der Waals surface area contributed by atoms with Crippen molar-refractivity contribution >= 4 is 11.9 Å². The second-order valence-electron chi connectivity index (χ2n) is 7.34. The van der Waals surface area contributed by atoms with Crippen molar-refractivity contribution in [1.82, 2.24) is 5.32 Å². The van der Waals surface area contributed by atoms with Crippen LogP contribution < -0.4 is 5.32 Å². The van der Waals surface area contributed by atoms with Crippen LogP contribution in [0.25, 0.3) is 0 Å². The molecule has 4 bridgehead atoms. The lowest BCUT2D eigenvalue weighted by Crippen LogP contribution is -2.56.